The molecule has 0 spiro atoms. The Morgan fingerprint density at radius 3 is 2.46 bits per heavy atom. The molecule has 1 aromatic carbocycles. The molecule has 3 heterocycles. The predicted octanol–water partition coefficient (Wildman–Crippen LogP) is 1.64. The molecule has 1 aromatic rings. The van der Waals surface area contributed by atoms with Gasteiger partial charge in [-0.1, -0.05) is 30.3 Å². The van der Waals surface area contributed by atoms with Crippen LogP contribution in [0.2, 0.25) is 0 Å². The Hall–Kier alpha value is -0.950. The molecule has 4 fully saturated rings. The number of benzene rings is 1. The third-order valence-corrected chi connectivity index (χ3v) is 8.15. The molecule has 6 heteroatoms. The average Bonchev–Trinajstić information content (AvgIpc) is 3.01. The fourth-order valence-corrected chi connectivity index (χ4v) is 6.46. The minimum absolute atomic E-state index is 0.188. The van der Waals surface area contributed by atoms with Gasteiger partial charge in [-0.15, -0.1) is 0 Å². The van der Waals surface area contributed by atoms with E-state index in [1.807, 2.05) is 0 Å². The number of hydrogen-bond acceptors (Lipinski definition) is 3. The van der Waals surface area contributed by atoms with Crippen molar-refractivity contribution in [1.82, 2.24) is 13.5 Å². The number of rotatable bonds is 4. The van der Waals surface area contributed by atoms with Crippen molar-refractivity contribution in [3.63, 3.8) is 0 Å². The Morgan fingerprint density at radius 2 is 1.75 bits per heavy atom. The molecule has 4 aliphatic rings. The molecule has 2 bridgehead atoms. The summed E-state index contributed by atoms with van der Waals surface area (Å²) in [6.07, 6.45) is 2.21. The summed E-state index contributed by atoms with van der Waals surface area (Å²) in [6.45, 7) is 3.84. The van der Waals surface area contributed by atoms with Gasteiger partial charge in [0.15, 0.2) is 0 Å². The van der Waals surface area contributed by atoms with Gasteiger partial charge in [-0.05, 0) is 36.2 Å². The third-order valence-electron chi connectivity index (χ3n) is 6.21. The first-order chi connectivity index (χ1) is 11.5. The lowest BCUT2D eigenvalue weighted by molar-refractivity contribution is 0.0237. The van der Waals surface area contributed by atoms with Crippen LogP contribution in [0.4, 0.5) is 0 Å². The van der Waals surface area contributed by atoms with Gasteiger partial charge >= 0.3 is 0 Å². The lowest BCUT2D eigenvalue weighted by atomic mass is 9.68. The highest BCUT2D eigenvalue weighted by Crippen LogP contribution is 2.48. The lowest BCUT2D eigenvalue weighted by Crippen LogP contribution is -2.60. The molecule has 3 saturated heterocycles. The standard InChI is InChI=1S/C18H27N3O2S/c1-19(2)24(22,23)21-11-15-8-9-18(21)17-13-20(12-16(15)17)10-14-6-4-3-5-7-14/h3-7,15-18H,8-13H2,1-2H3. The monoisotopic (exact) mass is 349 g/mol. The van der Waals surface area contributed by atoms with Crippen LogP contribution in [-0.2, 0) is 16.8 Å². The summed E-state index contributed by atoms with van der Waals surface area (Å²) in [5, 5.41) is 0. The highest BCUT2D eigenvalue weighted by molar-refractivity contribution is 7.86. The second-order valence-corrected chi connectivity index (χ2v) is 9.87. The number of nitrogens with zero attached hydrogens (tertiary/aromatic N) is 3. The van der Waals surface area contributed by atoms with E-state index in [1.165, 1.54) is 16.3 Å². The van der Waals surface area contributed by atoms with E-state index in [1.54, 1.807) is 18.4 Å². The molecule has 3 aliphatic heterocycles. The van der Waals surface area contributed by atoms with Gasteiger partial charge in [0, 0.05) is 46.3 Å². The summed E-state index contributed by atoms with van der Waals surface area (Å²) in [6, 6.07) is 10.8. The van der Waals surface area contributed by atoms with Gasteiger partial charge in [0.1, 0.15) is 0 Å². The Morgan fingerprint density at radius 1 is 1.04 bits per heavy atom. The number of fused-ring (bicyclic) bond motifs is 2. The summed E-state index contributed by atoms with van der Waals surface area (Å²) >= 11 is 0. The first-order valence-corrected chi connectivity index (χ1v) is 10.3. The van der Waals surface area contributed by atoms with Crippen molar-refractivity contribution in [2.75, 3.05) is 33.7 Å². The van der Waals surface area contributed by atoms with Gasteiger partial charge in [0.2, 0.25) is 0 Å². The van der Waals surface area contributed by atoms with Gasteiger partial charge < -0.3 is 0 Å². The van der Waals surface area contributed by atoms with Gasteiger partial charge in [0.05, 0.1) is 0 Å². The maximum Gasteiger partial charge on any atom is 0.281 e. The second kappa shape index (κ2) is 6.09. The molecule has 1 aliphatic carbocycles. The van der Waals surface area contributed by atoms with Crippen molar-refractivity contribution in [3.8, 4) is 0 Å². The number of piperidine rings is 2. The molecule has 24 heavy (non-hydrogen) atoms. The van der Waals surface area contributed by atoms with Crippen molar-refractivity contribution in [1.29, 1.82) is 0 Å². The first-order valence-electron chi connectivity index (χ1n) is 8.92. The van der Waals surface area contributed by atoms with Crippen LogP contribution in [0.15, 0.2) is 30.3 Å². The van der Waals surface area contributed by atoms with Crippen LogP contribution in [0, 0.1) is 17.8 Å². The SMILES string of the molecule is CN(C)S(=O)(=O)N1CC2CCC1C1CN(Cc3ccccc3)CC21. The topological polar surface area (TPSA) is 43.9 Å². The van der Waals surface area contributed by atoms with Crippen molar-refractivity contribution < 1.29 is 8.42 Å². The summed E-state index contributed by atoms with van der Waals surface area (Å²) < 4.78 is 28.5. The van der Waals surface area contributed by atoms with Crippen LogP contribution in [0.3, 0.4) is 0 Å². The van der Waals surface area contributed by atoms with Crippen LogP contribution in [0.1, 0.15) is 18.4 Å². The van der Waals surface area contributed by atoms with E-state index in [-0.39, 0.29) is 6.04 Å². The van der Waals surface area contributed by atoms with E-state index in [9.17, 15) is 8.42 Å². The fraction of sp³-hybridized carbons (Fsp3) is 0.667. The van der Waals surface area contributed by atoms with E-state index in [2.05, 4.69) is 35.2 Å². The molecule has 1 saturated carbocycles. The Kier molecular flexibility index (Phi) is 4.19. The van der Waals surface area contributed by atoms with Crippen molar-refractivity contribution >= 4 is 10.2 Å². The normalized spacial score (nSPS) is 34.0. The first kappa shape index (κ1) is 16.5. The van der Waals surface area contributed by atoms with Crippen LogP contribution in [0.5, 0.6) is 0 Å². The molecule has 4 atom stereocenters. The van der Waals surface area contributed by atoms with Crippen LogP contribution >= 0.6 is 0 Å². The average molecular weight is 350 g/mol. The van der Waals surface area contributed by atoms with Crippen LogP contribution in [0.25, 0.3) is 0 Å². The van der Waals surface area contributed by atoms with E-state index < -0.39 is 10.2 Å². The third kappa shape index (κ3) is 2.69. The maximum absolute atomic E-state index is 12.7. The summed E-state index contributed by atoms with van der Waals surface area (Å²) in [5.41, 5.74) is 1.35. The predicted molar refractivity (Wildman–Crippen MR) is 94.5 cm³/mol. The maximum atomic E-state index is 12.7. The molecule has 0 N–H and O–H groups in total. The van der Waals surface area contributed by atoms with Crippen molar-refractivity contribution in [2.45, 2.75) is 25.4 Å². The lowest BCUT2D eigenvalue weighted by Gasteiger charge is -2.51. The van der Waals surface area contributed by atoms with E-state index in [4.69, 9.17) is 0 Å². The molecular weight excluding hydrogens is 322 g/mol. The Bertz CT molecular complexity index is 691. The molecule has 4 unspecified atom stereocenters. The van der Waals surface area contributed by atoms with Gasteiger partial charge in [-0.3, -0.25) is 4.90 Å². The van der Waals surface area contributed by atoms with Crippen LogP contribution < -0.4 is 0 Å². The molecule has 0 radical (unpaired) electrons. The van der Waals surface area contributed by atoms with Crippen molar-refractivity contribution in [3.05, 3.63) is 35.9 Å². The van der Waals surface area contributed by atoms with E-state index >= 15 is 0 Å². The highest BCUT2D eigenvalue weighted by atomic mass is 32.2. The molecule has 5 nitrogen and oxygen atoms in total. The zero-order valence-electron chi connectivity index (χ0n) is 14.5. The van der Waals surface area contributed by atoms with Gasteiger partial charge in [-0.2, -0.15) is 17.0 Å². The second-order valence-electron chi connectivity index (χ2n) is 7.77. The van der Waals surface area contributed by atoms with Crippen molar-refractivity contribution in [2.24, 2.45) is 17.8 Å². The summed E-state index contributed by atoms with van der Waals surface area (Å²) in [4.78, 5) is 2.53. The zero-order chi connectivity index (χ0) is 16.9. The molecule has 132 valence electrons. The summed E-state index contributed by atoms with van der Waals surface area (Å²) in [5.74, 6) is 1.69. The van der Waals surface area contributed by atoms with E-state index in [0.717, 1.165) is 26.1 Å². The molecular formula is C18H27N3O2S. The summed E-state index contributed by atoms with van der Waals surface area (Å²) in [7, 11) is -0.00909. The number of hydrogen-bond donors (Lipinski definition) is 0. The smallest absolute Gasteiger partial charge is 0.281 e. The molecule has 0 amide bonds. The Labute approximate surface area is 145 Å². The molecule has 0 aromatic heterocycles. The minimum atomic E-state index is -3.30. The van der Waals surface area contributed by atoms with E-state index in [0.29, 0.717) is 24.3 Å². The largest absolute Gasteiger partial charge is 0.298 e. The van der Waals surface area contributed by atoms with Crippen LogP contribution in [-0.4, -0.2) is 61.7 Å². The van der Waals surface area contributed by atoms with Gasteiger partial charge in [-0.25, -0.2) is 0 Å². The highest BCUT2D eigenvalue weighted by Gasteiger charge is 2.54. The fourth-order valence-electron chi connectivity index (χ4n) is 5.06. The molecule has 5 rings (SSSR count). The minimum Gasteiger partial charge on any atom is -0.298 e. The quantitative estimate of drug-likeness (QED) is 0.830. The van der Waals surface area contributed by atoms with Gasteiger partial charge in [0.25, 0.3) is 10.2 Å². The zero-order valence-corrected chi connectivity index (χ0v) is 15.3. The Balaban J connectivity index is 1.52. The number of likely N-dealkylation sites (tertiary alicyclic amines) is 1.